The van der Waals surface area contributed by atoms with E-state index in [2.05, 4.69) is 19.9 Å². The van der Waals surface area contributed by atoms with Gasteiger partial charge >= 0.3 is 12.2 Å². The maximum absolute atomic E-state index is 13.0. The number of nitrogens with zero attached hydrogens (tertiary/aromatic N) is 6. The van der Waals surface area contributed by atoms with E-state index < -0.39 is 30.2 Å². The third-order valence-corrected chi connectivity index (χ3v) is 5.31. The van der Waals surface area contributed by atoms with Crippen LogP contribution in [0.15, 0.2) is 61.3 Å². The van der Waals surface area contributed by atoms with Gasteiger partial charge in [0.1, 0.15) is 18.6 Å². The van der Waals surface area contributed by atoms with Crippen molar-refractivity contribution in [3.05, 3.63) is 66.9 Å². The number of carbonyl (C=O) groups excluding carboxylic acids is 2. The van der Waals surface area contributed by atoms with Gasteiger partial charge in [0, 0.05) is 12.3 Å². The third kappa shape index (κ3) is 4.21. The summed E-state index contributed by atoms with van der Waals surface area (Å²) in [6.45, 7) is -0.428. The summed E-state index contributed by atoms with van der Waals surface area (Å²) in [5.41, 5.74) is -0.398. The van der Waals surface area contributed by atoms with Gasteiger partial charge in [-0.05, 0) is 30.3 Å². The molecule has 0 radical (unpaired) electrons. The summed E-state index contributed by atoms with van der Waals surface area (Å²) in [7, 11) is 1.48. The number of amides is 3. The molecule has 4 heterocycles. The van der Waals surface area contributed by atoms with Crippen LogP contribution in [0.4, 0.5) is 29.3 Å². The van der Waals surface area contributed by atoms with E-state index in [0.717, 1.165) is 22.1 Å². The minimum Gasteiger partial charge on any atom is -0.481 e. The first-order chi connectivity index (χ1) is 17.2. The summed E-state index contributed by atoms with van der Waals surface area (Å²) in [6.07, 6.45) is -0.0593. The van der Waals surface area contributed by atoms with Crippen molar-refractivity contribution in [1.82, 2.24) is 19.9 Å². The smallest absolute Gasteiger partial charge is 0.417 e. The lowest BCUT2D eigenvalue weighted by Crippen LogP contribution is -2.33. The van der Waals surface area contributed by atoms with Crippen LogP contribution in [-0.4, -0.2) is 45.5 Å². The van der Waals surface area contributed by atoms with Crippen molar-refractivity contribution >= 4 is 34.2 Å². The van der Waals surface area contributed by atoms with Crippen LogP contribution in [0.3, 0.4) is 0 Å². The summed E-state index contributed by atoms with van der Waals surface area (Å²) in [5.74, 6) is 0.342. The molecule has 1 aliphatic rings. The SMILES string of the molecule is COc1cc2c(Oc3ccc(N4C(=O)CN(c5cncc(C(F)(F)F)c5)C4=O)cc3)ncnc2cn1. The summed E-state index contributed by atoms with van der Waals surface area (Å²) in [5, 5.41) is 0.559. The molecule has 13 heteroatoms. The van der Waals surface area contributed by atoms with Gasteiger partial charge in [-0.25, -0.2) is 24.6 Å². The number of fused-ring (bicyclic) bond motifs is 1. The number of methoxy groups -OCH3 is 1. The van der Waals surface area contributed by atoms with Crippen LogP contribution in [0.5, 0.6) is 17.5 Å². The Labute approximate surface area is 200 Å². The van der Waals surface area contributed by atoms with Crippen LogP contribution in [0, 0.1) is 0 Å². The summed E-state index contributed by atoms with van der Waals surface area (Å²) in [6, 6.07) is 7.60. The first-order valence-corrected chi connectivity index (χ1v) is 10.3. The van der Waals surface area contributed by atoms with Crippen LogP contribution in [0.1, 0.15) is 5.56 Å². The Hall–Kier alpha value is -4.81. The van der Waals surface area contributed by atoms with E-state index in [0.29, 0.717) is 28.7 Å². The number of alkyl halides is 3. The zero-order valence-electron chi connectivity index (χ0n) is 18.4. The van der Waals surface area contributed by atoms with Crippen molar-refractivity contribution in [3.63, 3.8) is 0 Å². The maximum atomic E-state index is 13.0. The van der Waals surface area contributed by atoms with Crippen LogP contribution in [0.2, 0.25) is 0 Å². The number of rotatable bonds is 5. The second-order valence-electron chi connectivity index (χ2n) is 7.55. The normalized spacial score (nSPS) is 14.0. The highest BCUT2D eigenvalue weighted by atomic mass is 19.4. The average Bonchev–Trinajstić information content (AvgIpc) is 3.17. The Bertz CT molecular complexity index is 1480. The molecule has 36 heavy (non-hydrogen) atoms. The van der Waals surface area contributed by atoms with Crippen LogP contribution < -0.4 is 19.3 Å². The molecular weight excluding hydrogens is 481 g/mol. The number of hydrogen-bond donors (Lipinski definition) is 0. The molecule has 0 saturated carbocycles. The van der Waals surface area contributed by atoms with Crippen molar-refractivity contribution < 1.29 is 32.2 Å². The van der Waals surface area contributed by atoms with Crippen molar-refractivity contribution in [1.29, 1.82) is 0 Å². The van der Waals surface area contributed by atoms with E-state index in [4.69, 9.17) is 9.47 Å². The zero-order valence-corrected chi connectivity index (χ0v) is 18.4. The van der Waals surface area contributed by atoms with Gasteiger partial charge in [0.2, 0.25) is 11.8 Å². The lowest BCUT2D eigenvalue weighted by atomic mass is 10.2. The van der Waals surface area contributed by atoms with Crippen molar-refractivity contribution in [3.8, 4) is 17.5 Å². The summed E-state index contributed by atoms with van der Waals surface area (Å²) >= 11 is 0. The van der Waals surface area contributed by atoms with E-state index >= 15 is 0 Å². The first-order valence-electron chi connectivity index (χ1n) is 10.3. The van der Waals surface area contributed by atoms with E-state index in [9.17, 15) is 22.8 Å². The minimum absolute atomic E-state index is 0.133. The quantitative estimate of drug-likeness (QED) is 0.378. The highest BCUT2D eigenvalue weighted by Gasteiger charge is 2.39. The van der Waals surface area contributed by atoms with Gasteiger partial charge in [-0.15, -0.1) is 0 Å². The molecule has 0 aliphatic carbocycles. The molecule has 10 nitrogen and oxygen atoms in total. The number of carbonyl (C=O) groups is 2. The number of benzene rings is 1. The number of anilines is 2. The van der Waals surface area contributed by atoms with Gasteiger partial charge in [0.05, 0.1) is 47.3 Å². The molecule has 0 unspecified atom stereocenters. The molecule has 0 bridgehead atoms. The molecule has 5 rings (SSSR count). The van der Waals surface area contributed by atoms with Crippen molar-refractivity contribution in [2.75, 3.05) is 23.5 Å². The fourth-order valence-corrected chi connectivity index (χ4v) is 3.57. The van der Waals surface area contributed by atoms with Crippen LogP contribution >= 0.6 is 0 Å². The highest BCUT2D eigenvalue weighted by Crippen LogP contribution is 2.34. The molecule has 182 valence electrons. The summed E-state index contributed by atoms with van der Waals surface area (Å²) in [4.78, 5) is 43.2. The zero-order chi connectivity index (χ0) is 25.4. The largest absolute Gasteiger partial charge is 0.481 e. The third-order valence-electron chi connectivity index (χ3n) is 5.31. The summed E-state index contributed by atoms with van der Waals surface area (Å²) < 4.78 is 50.1. The maximum Gasteiger partial charge on any atom is 0.417 e. The van der Waals surface area contributed by atoms with Gasteiger partial charge in [0.15, 0.2) is 0 Å². The molecule has 0 N–H and O–H groups in total. The molecule has 3 aromatic heterocycles. The standard InChI is InChI=1S/C23H15F3N6O4/c1-35-19-7-17-18(10-28-19)29-12-30-21(17)36-16-4-2-14(3-5-16)32-20(33)11-31(22(32)34)15-6-13(8-27-9-15)23(24,25)26/h2-10,12H,11H2,1H3. The Balaban J connectivity index is 1.37. The predicted molar refractivity (Wildman–Crippen MR) is 120 cm³/mol. The topological polar surface area (TPSA) is 111 Å². The fourth-order valence-electron chi connectivity index (χ4n) is 3.57. The Morgan fingerprint density at radius 3 is 2.44 bits per heavy atom. The average molecular weight is 496 g/mol. The molecule has 1 aromatic carbocycles. The molecule has 1 saturated heterocycles. The fraction of sp³-hybridized carbons (Fsp3) is 0.130. The monoisotopic (exact) mass is 496 g/mol. The lowest BCUT2D eigenvalue weighted by Gasteiger charge is -2.18. The number of ether oxygens (including phenoxy) is 2. The predicted octanol–water partition coefficient (Wildman–Crippen LogP) is 4.21. The van der Waals surface area contributed by atoms with E-state index in [1.54, 1.807) is 6.07 Å². The number of urea groups is 1. The molecule has 1 fully saturated rings. The van der Waals surface area contributed by atoms with Gasteiger partial charge in [-0.1, -0.05) is 0 Å². The second kappa shape index (κ2) is 8.76. The van der Waals surface area contributed by atoms with Gasteiger partial charge in [-0.3, -0.25) is 14.7 Å². The molecule has 0 spiro atoms. The van der Waals surface area contributed by atoms with Crippen molar-refractivity contribution in [2.45, 2.75) is 6.18 Å². The number of imide groups is 1. The molecule has 3 amide bonds. The Kier molecular flexibility index (Phi) is 5.59. The van der Waals surface area contributed by atoms with Crippen LogP contribution in [-0.2, 0) is 11.0 Å². The van der Waals surface area contributed by atoms with E-state index in [-0.39, 0.29) is 17.3 Å². The molecule has 4 aromatic rings. The number of halogens is 3. The second-order valence-corrected chi connectivity index (χ2v) is 7.55. The number of hydrogen-bond acceptors (Lipinski definition) is 8. The molecule has 1 aliphatic heterocycles. The van der Waals surface area contributed by atoms with Gasteiger partial charge in [-0.2, -0.15) is 13.2 Å². The van der Waals surface area contributed by atoms with Gasteiger partial charge < -0.3 is 9.47 Å². The van der Waals surface area contributed by atoms with Crippen LogP contribution in [0.25, 0.3) is 10.9 Å². The van der Waals surface area contributed by atoms with Crippen molar-refractivity contribution in [2.24, 2.45) is 0 Å². The minimum atomic E-state index is -4.64. The molecule has 0 atom stereocenters. The number of pyridine rings is 2. The lowest BCUT2D eigenvalue weighted by molar-refractivity contribution is -0.137. The van der Waals surface area contributed by atoms with E-state index in [1.165, 1.54) is 43.9 Å². The van der Waals surface area contributed by atoms with E-state index in [1.807, 2.05) is 0 Å². The van der Waals surface area contributed by atoms with Gasteiger partial charge in [0.25, 0.3) is 5.91 Å². The number of aromatic nitrogens is 4. The first kappa shape index (κ1) is 23.0. The Morgan fingerprint density at radius 2 is 1.72 bits per heavy atom. The molecular formula is C23H15F3N6O4. The Morgan fingerprint density at radius 1 is 0.944 bits per heavy atom. The highest BCUT2D eigenvalue weighted by molar-refractivity contribution is 6.26.